The molecule has 1 N–H and O–H groups in total. The maximum absolute atomic E-state index is 11.1. The van der Waals surface area contributed by atoms with Crippen LogP contribution in [0.15, 0.2) is 12.2 Å². The molecular formula is C16H30O2. The highest BCUT2D eigenvalue weighted by Gasteiger charge is 2.14. The molecule has 0 saturated carbocycles. The molecule has 0 aromatic carbocycles. The first kappa shape index (κ1) is 17.2. The number of aliphatic carboxylic acids is 1. The molecule has 0 aromatic rings. The van der Waals surface area contributed by atoms with Crippen molar-refractivity contribution in [1.82, 2.24) is 0 Å². The molecule has 2 heteroatoms. The topological polar surface area (TPSA) is 37.3 Å². The summed E-state index contributed by atoms with van der Waals surface area (Å²) < 4.78 is 0. The predicted octanol–water partition coefficient (Wildman–Crippen LogP) is 5.18. The minimum atomic E-state index is -0.635. The SMILES string of the molecule is CCCCCC=CCC(CCCCCC)C(=O)O. The van der Waals surface area contributed by atoms with Crippen LogP contribution in [-0.2, 0) is 4.79 Å². The molecule has 0 heterocycles. The third-order valence-corrected chi connectivity index (χ3v) is 3.32. The van der Waals surface area contributed by atoms with Crippen molar-refractivity contribution in [2.45, 2.75) is 78.1 Å². The Balaban J connectivity index is 3.72. The Morgan fingerprint density at radius 3 is 2.28 bits per heavy atom. The summed E-state index contributed by atoms with van der Waals surface area (Å²) in [6.07, 6.45) is 15.2. The molecule has 106 valence electrons. The maximum Gasteiger partial charge on any atom is 0.306 e. The molecule has 0 amide bonds. The molecule has 0 aliphatic rings. The third-order valence-electron chi connectivity index (χ3n) is 3.32. The van der Waals surface area contributed by atoms with Crippen molar-refractivity contribution < 1.29 is 9.90 Å². The Bertz CT molecular complexity index is 221. The number of unbranched alkanes of at least 4 members (excludes halogenated alkanes) is 6. The van der Waals surface area contributed by atoms with E-state index in [0.29, 0.717) is 6.42 Å². The van der Waals surface area contributed by atoms with Crippen molar-refractivity contribution in [3.05, 3.63) is 12.2 Å². The van der Waals surface area contributed by atoms with Crippen LogP contribution in [0.25, 0.3) is 0 Å². The van der Waals surface area contributed by atoms with Gasteiger partial charge >= 0.3 is 5.97 Å². The first-order chi connectivity index (χ1) is 8.72. The number of carbonyl (C=O) groups is 1. The lowest BCUT2D eigenvalue weighted by Gasteiger charge is -2.09. The largest absolute Gasteiger partial charge is 0.481 e. The van der Waals surface area contributed by atoms with Crippen LogP contribution < -0.4 is 0 Å². The second-order valence-corrected chi connectivity index (χ2v) is 5.09. The number of carboxylic acids is 1. The quantitative estimate of drug-likeness (QED) is 0.384. The minimum Gasteiger partial charge on any atom is -0.481 e. The Kier molecular flexibility index (Phi) is 12.1. The smallest absolute Gasteiger partial charge is 0.306 e. The van der Waals surface area contributed by atoms with Gasteiger partial charge in [0.2, 0.25) is 0 Å². The molecule has 0 aromatic heterocycles. The average molecular weight is 254 g/mol. The number of allylic oxidation sites excluding steroid dienone is 2. The fourth-order valence-electron chi connectivity index (χ4n) is 2.05. The number of hydrogen-bond donors (Lipinski definition) is 1. The first-order valence-corrected chi connectivity index (χ1v) is 7.60. The molecule has 0 rings (SSSR count). The van der Waals surface area contributed by atoms with Crippen molar-refractivity contribution in [2.75, 3.05) is 0 Å². The third kappa shape index (κ3) is 10.4. The van der Waals surface area contributed by atoms with E-state index in [1.807, 2.05) is 0 Å². The van der Waals surface area contributed by atoms with Gasteiger partial charge in [0, 0.05) is 0 Å². The zero-order valence-corrected chi connectivity index (χ0v) is 12.2. The van der Waals surface area contributed by atoms with E-state index >= 15 is 0 Å². The predicted molar refractivity (Wildman–Crippen MR) is 77.8 cm³/mol. The van der Waals surface area contributed by atoms with E-state index in [1.54, 1.807) is 0 Å². The van der Waals surface area contributed by atoms with Crippen LogP contribution in [0.1, 0.15) is 78.1 Å². The molecule has 18 heavy (non-hydrogen) atoms. The van der Waals surface area contributed by atoms with E-state index in [4.69, 9.17) is 5.11 Å². The van der Waals surface area contributed by atoms with Crippen LogP contribution in [0.2, 0.25) is 0 Å². The highest BCUT2D eigenvalue weighted by atomic mass is 16.4. The number of carboxylic acid groups (broad SMARTS) is 1. The van der Waals surface area contributed by atoms with Gasteiger partial charge in [-0.25, -0.2) is 0 Å². The Labute approximate surface area is 112 Å². The van der Waals surface area contributed by atoms with Gasteiger partial charge in [0.05, 0.1) is 5.92 Å². The van der Waals surface area contributed by atoms with Crippen LogP contribution in [0.4, 0.5) is 0 Å². The van der Waals surface area contributed by atoms with Gasteiger partial charge in [-0.2, -0.15) is 0 Å². The van der Waals surface area contributed by atoms with Crippen molar-refractivity contribution >= 4 is 5.97 Å². The van der Waals surface area contributed by atoms with Gasteiger partial charge in [0.1, 0.15) is 0 Å². The summed E-state index contributed by atoms with van der Waals surface area (Å²) in [6.45, 7) is 4.37. The van der Waals surface area contributed by atoms with E-state index in [0.717, 1.165) is 19.3 Å². The summed E-state index contributed by atoms with van der Waals surface area (Å²) in [7, 11) is 0. The van der Waals surface area contributed by atoms with Gasteiger partial charge in [-0.3, -0.25) is 4.79 Å². The normalized spacial score (nSPS) is 13.0. The lowest BCUT2D eigenvalue weighted by Crippen LogP contribution is -2.12. The molecule has 0 aliphatic heterocycles. The van der Waals surface area contributed by atoms with Crippen molar-refractivity contribution in [3.8, 4) is 0 Å². The Morgan fingerprint density at radius 2 is 1.67 bits per heavy atom. The molecule has 0 spiro atoms. The maximum atomic E-state index is 11.1. The zero-order chi connectivity index (χ0) is 13.6. The van der Waals surface area contributed by atoms with Crippen LogP contribution in [-0.4, -0.2) is 11.1 Å². The van der Waals surface area contributed by atoms with Crippen molar-refractivity contribution in [2.24, 2.45) is 5.92 Å². The second kappa shape index (κ2) is 12.7. The summed E-state index contributed by atoms with van der Waals surface area (Å²) in [6, 6.07) is 0. The second-order valence-electron chi connectivity index (χ2n) is 5.09. The molecular weight excluding hydrogens is 224 g/mol. The van der Waals surface area contributed by atoms with Gasteiger partial charge in [0.15, 0.2) is 0 Å². The number of rotatable bonds is 12. The monoisotopic (exact) mass is 254 g/mol. The van der Waals surface area contributed by atoms with Crippen molar-refractivity contribution in [3.63, 3.8) is 0 Å². The molecule has 0 saturated heterocycles. The Hall–Kier alpha value is -0.790. The summed E-state index contributed by atoms with van der Waals surface area (Å²) >= 11 is 0. The van der Waals surface area contributed by atoms with E-state index in [2.05, 4.69) is 26.0 Å². The summed E-state index contributed by atoms with van der Waals surface area (Å²) in [5.41, 5.74) is 0. The van der Waals surface area contributed by atoms with E-state index < -0.39 is 5.97 Å². The fourth-order valence-corrected chi connectivity index (χ4v) is 2.05. The molecule has 0 bridgehead atoms. The molecule has 1 unspecified atom stereocenters. The Morgan fingerprint density at radius 1 is 1.00 bits per heavy atom. The first-order valence-electron chi connectivity index (χ1n) is 7.60. The summed E-state index contributed by atoms with van der Waals surface area (Å²) in [5.74, 6) is -0.811. The molecule has 2 nitrogen and oxygen atoms in total. The zero-order valence-electron chi connectivity index (χ0n) is 12.2. The lowest BCUT2D eigenvalue weighted by atomic mass is 9.97. The number of hydrogen-bond acceptors (Lipinski definition) is 1. The van der Waals surface area contributed by atoms with Crippen LogP contribution in [0.5, 0.6) is 0 Å². The molecule has 1 atom stereocenters. The van der Waals surface area contributed by atoms with E-state index in [-0.39, 0.29) is 5.92 Å². The van der Waals surface area contributed by atoms with Gasteiger partial charge in [0.25, 0.3) is 0 Å². The summed E-state index contributed by atoms with van der Waals surface area (Å²) in [5, 5.41) is 9.14. The summed E-state index contributed by atoms with van der Waals surface area (Å²) in [4.78, 5) is 11.1. The van der Waals surface area contributed by atoms with E-state index in [1.165, 1.54) is 38.5 Å². The fraction of sp³-hybridized carbons (Fsp3) is 0.812. The van der Waals surface area contributed by atoms with Gasteiger partial charge in [-0.1, -0.05) is 64.5 Å². The van der Waals surface area contributed by atoms with Crippen LogP contribution in [0, 0.1) is 5.92 Å². The van der Waals surface area contributed by atoms with Crippen molar-refractivity contribution in [1.29, 1.82) is 0 Å². The minimum absolute atomic E-state index is 0.177. The molecule has 0 fully saturated rings. The van der Waals surface area contributed by atoms with Gasteiger partial charge in [-0.15, -0.1) is 0 Å². The highest BCUT2D eigenvalue weighted by molar-refractivity contribution is 5.70. The standard InChI is InChI=1S/C16H30O2/c1-3-5-7-9-10-12-14-15(16(17)18)13-11-8-6-4-2/h10,12,15H,3-9,11,13-14H2,1-2H3,(H,17,18). The molecule has 0 radical (unpaired) electrons. The highest BCUT2D eigenvalue weighted by Crippen LogP contribution is 2.16. The lowest BCUT2D eigenvalue weighted by molar-refractivity contribution is -0.141. The van der Waals surface area contributed by atoms with E-state index in [9.17, 15) is 4.79 Å². The average Bonchev–Trinajstić information content (AvgIpc) is 2.35. The van der Waals surface area contributed by atoms with Gasteiger partial charge < -0.3 is 5.11 Å². The van der Waals surface area contributed by atoms with Crippen LogP contribution in [0.3, 0.4) is 0 Å². The van der Waals surface area contributed by atoms with Crippen LogP contribution >= 0.6 is 0 Å². The molecule has 0 aliphatic carbocycles. The van der Waals surface area contributed by atoms with Gasteiger partial charge in [-0.05, 0) is 25.7 Å².